The van der Waals surface area contributed by atoms with Gasteiger partial charge in [-0.1, -0.05) is 0 Å². The zero-order chi connectivity index (χ0) is 14.8. The van der Waals surface area contributed by atoms with Gasteiger partial charge < -0.3 is 41.0 Å². The summed E-state index contributed by atoms with van der Waals surface area (Å²) in [4.78, 5) is 33.6. The molecule has 0 aromatic carbocycles. The molecule has 0 aromatic heterocycles. The smallest absolute Gasteiger partial charge is 0.549 e. The quantitative estimate of drug-likeness (QED) is 0.343. The number of carbonyl (C=O) groups excluding carboxylic acids is 3. The Balaban J connectivity index is -0.00000162. The van der Waals surface area contributed by atoms with E-state index in [4.69, 9.17) is 5.11 Å². The van der Waals surface area contributed by atoms with Gasteiger partial charge in [0.2, 0.25) is 0 Å². The Morgan fingerprint density at radius 2 is 1.10 bits per heavy atom. The molecule has 10 nitrogen and oxygen atoms in total. The van der Waals surface area contributed by atoms with E-state index in [1.807, 2.05) is 0 Å². The van der Waals surface area contributed by atoms with Crippen LogP contribution in [-0.4, -0.2) is 78.7 Å². The van der Waals surface area contributed by atoms with Gasteiger partial charge in [0.05, 0.1) is 24.5 Å². The van der Waals surface area contributed by atoms with Crippen molar-refractivity contribution in [3.05, 3.63) is 0 Å². The van der Waals surface area contributed by atoms with Crippen molar-refractivity contribution < 1.29 is 51.9 Å². The molecule has 0 radical (unpaired) electrons. The van der Waals surface area contributed by atoms with Crippen molar-refractivity contribution in [2.45, 2.75) is 0 Å². The van der Waals surface area contributed by atoms with Gasteiger partial charge in [0, 0.05) is 39.3 Å². The van der Waals surface area contributed by atoms with Gasteiger partial charge in [-0.15, -0.1) is 0 Å². The summed E-state index contributed by atoms with van der Waals surface area (Å²) in [7, 11) is 0. The summed E-state index contributed by atoms with van der Waals surface area (Å²) in [5.41, 5.74) is 0. The number of aliphatic carboxylic acids is 3. The van der Waals surface area contributed by atoms with Crippen molar-refractivity contribution in [3.8, 4) is 0 Å². The number of rotatable bonds is 11. The first-order chi connectivity index (χ1) is 8.85. The van der Waals surface area contributed by atoms with E-state index in [1.165, 1.54) is 4.90 Å². The normalized spacial score (nSPS) is 9.86. The van der Waals surface area contributed by atoms with E-state index >= 15 is 0 Å². The van der Waals surface area contributed by atoms with Crippen LogP contribution in [-0.2, 0) is 31.5 Å². The number of quaternary nitrogens is 1. The molecule has 11 heteroatoms. The molecule has 0 amide bonds. The van der Waals surface area contributed by atoms with E-state index in [1.54, 1.807) is 0 Å². The molecule has 0 fully saturated rings. The zero-order valence-electron chi connectivity index (χ0n) is 11.6. The van der Waals surface area contributed by atoms with Gasteiger partial charge in [-0.25, -0.2) is 0 Å². The molecule has 0 aliphatic carbocycles. The maximum Gasteiger partial charge on any atom is 2.00 e. The molecule has 0 saturated heterocycles. The first kappa shape index (κ1) is 24.8. The van der Waals surface area contributed by atoms with E-state index < -0.39 is 37.5 Å². The van der Waals surface area contributed by atoms with Crippen LogP contribution in [0.5, 0.6) is 0 Å². The van der Waals surface area contributed by atoms with Crippen LogP contribution in [0.15, 0.2) is 0 Å². The van der Waals surface area contributed by atoms with Crippen LogP contribution >= 0.6 is 0 Å². The molecule has 124 valence electrons. The Hall–Kier alpha value is -1.23. The molecule has 0 rings (SSSR count). The van der Waals surface area contributed by atoms with Crippen LogP contribution in [0.4, 0.5) is 0 Å². The molecule has 0 saturated carbocycles. The Morgan fingerprint density at radius 3 is 1.43 bits per heavy atom. The second-order valence-electron chi connectivity index (χ2n) is 3.83. The summed E-state index contributed by atoms with van der Waals surface area (Å²) >= 11 is 0. The Labute approximate surface area is 132 Å². The molecule has 0 bridgehead atoms. The van der Waals surface area contributed by atoms with Crippen LogP contribution in [0.25, 0.3) is 0 Å². The number of aliphatic hydroxyl groups is 1. The Morgan fingerprint density at radius 1 is 0.762 bits per heavy atom. The minimum absolute atomic E-state index is 0. The van der Waals surface area contributed by atoms with Crippen LogP contribution in [0.2, 0.25) is 0 Å². The summed E-state index contributed by atoms with van der Waals surface area (Å²) in [5, 5.41) is 40.0. The van der Waals surface area contributed by atoms with Crippen LogP contribution in [0.3, 0.4) is 0 Å². The maximum absolute atomic E-state index is 10.4. The van der Waals surface area contributed by atoms with Crippen molar-refractivity contribution in [1.82, 2.24) is 16.0 Å². The van der Waals surface area contributed by atoms with Crippen molar-refractivity contribution >= 4 is 17.9 Å². The first-order valence-corrected chi connectivity index (χ1v) is 5.50. The number of hydrogen-bond acceptors (Lipinski definition) is 9. The summed E-state index contributed by atoms with van der Waals surface area (Å²) in [6.07, 6.45) is 0. The zero-order valence-corrected chi connectivity index (χ0v) is 12.7. The van der Waals surface area contributed by atoms with E-state index in [-0.39, 0.29) is 49.5 Å². The summed E-state index contributed by atoms with van der Waals surface area (Å²) in [6.45, 7) is -1.83. The second kappa shape index (κ2) is 13.7. The number of carboxylic acid groups (broad SMARTS) is 3. The monoisotopic (exact) mass is 349 g/mol. The van der Waals surface area contributed by atoms with Gasteiger partial charge in [0.15, 0.2) is 0 Å². The minimum atomic E-state index is -1.45. The summed E-state index contributed by atoms with van der Waals surface area (Å²) in [6, 6.07) is 0. The fourth-order valence-electron chi connectivity index (χ4n) is 1.46. The summed E-state index contributed by atoms with van der Waals surface area (Å²) < 4.78 is 0. The largest absolute Gasteiger partial charge is 2.00 e. The van der Waals surface area contributed by atoms with Gasteiger partial charge in [0.25, 0.3) is 0 Å². The molecular formula is C10H19FeN3O7. The van der Waals surface area contributed by atoms with Crippen molar-refractivity contribution in [2.24, 2.45) is 0 Å². The summed E-state index contributed by atoms with van der Waals surface area (Å²) in [5.74, 6) is -4.25. The predicted octanol–water partition coefficient (Wildman–Crippen LogP) is -5.79. The number of aliphatic hydroxyl groups excluding tert-OH is 1. The van der Waals surface area contributed by atoms with Crippen LogP contribution in [0.1, 0.15) is 0 Å². The standard InChI is InChI=1S/C10H18N2O7.Fe.H3N/c13-4-3-11(5-8(14)15)1-2-12(6-9(16)17)7-10(18)19;;/h13H,1-7H2,(H,14,15)(H,16,17)(H,18,19);;1H3/q;+2;/p-2. The minimum Gasteiger partial charge on any atom is -0.549 e. The van der Waals surface area contributed by atoms with E-state index in [9.17, 15) is 29.7 Å². The molecule has 21 heavy (non-hydrogen) atoms. The molecule has 0 aliphatic heterocycles. The molecule has 0 heterocycles. The van der Waals surface area contributed by atoms with E-state index in [0.29, 0.717) is 0 Å². The molecule has 0 atom stereocenters. The fourth-order valence-corrected chi connectivity index (χ4v) is 1.46. The maximum atomic E-state index is 10.4. The molecular weight excluding hydrogens is 330 g/mol. The number of carboxylic acids is 3. The van der Waals surface area contributed by atoms with Gasteiger partial charge in [-0.2, -0.15) is 0 Å². The second-order valence-corrected chi connectivity index (χ2v) is 3.83. The average molecular weight is 349 g/mol. The number of hydrogen-bond donors (Lipinski definition) is 2. The molecule has 0 unspecified atom stereocenters. The SMILES string of the molecule is O=C([O-])CN(CCO)CCN(CC(=O)[O-])CC(=O)[O-].[Fe+2].[NH4+]. The average Bonchev–Trinajstić information content (AvgIpc) is 2.23. The van der Waals surface area contributed by atoms with Crippen molar-refractivity contribution in [2.75, 3.05) is 45.9 Å². The van der Waals surface area contributed by atoms with E-state index in [2.05, 4.69) is 0 Å². The van der Waals surface area contributed by atoms with E-state index in [0.717, 1.165) is 4.90 Å². The van der Waals surface area contributed by atoms with Crippen LogP contribution in [0, 0.1) is 0 Å². The third-order valence-electron chi connectivity index (χ3n) is 2.21. The third-order valence-corrected chi connectivity index (χ3v) is 2.21. The molecule has 0 aromatic rings. The van der Waals surface area contributed by atoms with Gasteiger partial charge in [0.1, 0.15) is 0 Å². The van der Waals surface area contributed by atoms with Gasteiger partial charge in [-0.3, -0.25) is 9.80 Å². The predicted molar refractivity (Wildman–Crippen MR) is 61.0 cm³/mol. The van der Waals surface area contributed by atoms with Gasteiger partial charge >= 0.3 is 17.1 Å². The number of carbonyl (C=O) groups is 3. The molecule has 5 N–H and O–H groups in total. The van der Waals surface area contributed by atoms with Crippen molar-refractivity contribution in [1.29, 1.82) is 0 Å². The van der Waals surface area contributed by atoms with Gasteiger partial charge in [-0.05, 0) is 0 Å². The fraction of sp³-hybridized carbons (Fsp3) is 0.700. The third kappa shape index (κ3) is 15.0. The first-order valence-electron chi connectivity index (χ1n) is 5.50. The topological polar surface area (TPSA) is 184 Å². The number of nitrogens with zero attached hydrogens (tertiary/aromatic N) is 2. The van der Waals surface area contributed by atoms with Crippen molar-refractivity contribution in [3.63, 3.8) is 0 Å². The Kier molecular flexibility index (Phi) is 16.2. The Bertz CT molecular complexity index is 314. The molecule has 0 aliphatic rings. The molecule has 0 spiro atoms. The van der Waals surface area contributed by atoms with Crippen LogP contribution < -0.4 is 21.5 Å².